The molecule has 0 fully saturated rings. The fraction of sp³-hybridized carbons (Fsp3) is 0.200. The minimum absolute atomic E-state index is 0.0575. The van der Waals surface area contributed by atoms with Crippen LogP contribution in [0.25, 0.3) is 6.08 Å². The summed E-state index contributed by atoms with van der Waals surface area (Å²) < 4.78 is 12.7. The molecule has 0 bridgehead atoms. The Bertz CT molecular complexity index is 1150. The zero-order valence-corrected chi connectivity index (χ0v) is 16.1. The molecule has 1 N–H and O–H groups in total. The molecule has 150 valence electrons. The number of rotatable bonds is 5. The first-order chi connectivity index (χ1) is 13.8. The van der Waals surface area contributed by atoms with Gasteiger partial charge in [0.15, 0.2) is 11.3 Å². The third kappa shape index (κ3) is 3.88. The van der Waals surface area contributed by atoms with E-state index in [0.717, 1.165) is 4.57 Å². The maximum absolute atomic E-state index is 12.8. The smallest absolute Gasteiger partial charge is 0.347 e. The van der Waals surface area contributed by atoms with Crippen LogP contribution in [-0.2, 0) is 33.2 Å². The summed E-state index contributed by atoms with van der Waals surface area (Å²) in [6, 6.07) is 8.82. The van der Waals surface area contributed by atoms with Gasteiger partial charge < -0.3 is 19.4 Å². The molecule has 1 aromatic heterocycles. The van der Waals surface area contributed by atoms with Crippen LogP contribution < -0.4 is 16.6 Å². The van der Waals surface area contributed by atoms with Gasteiger partial charge in [0, 0.05) is 26.0 Å². The summed E-state index contributed by atoms with van der Waals surface area (Å²) in [6.07, 6.45) is 2.49. The Morgan fingerprint density at radius 3 is 2.52 bits per heavy atom. The fourth-order valence-corrected chi connectivity index (χ4v) is 2.73. The second-order valence-corrected chi connectivity index (χ2v) is 6.20. The molecule has 0 unspecified atom stereocenters. The van der Waals surface area contributed by atoms with Crippen LogP contribution >= 0.6 is 0 Å². The van der Waals surface area contributed by atoms with Crippen LogP contribution in [0.2, 0.25) is 0 Å². The highest BCUT2D eigenvalue weighted by molar-refractivity contribution is 6.26. The van der Waals surface area contributed by atoms with Crippen molar-refractivity contribution >= 4 is 23.5 Å². The predicted octanol–water partition coefficient (Wildman–Crippen LogP) is 0.911. The second-order valence-electron chi connectivity index (χ2n) is 6.20. The maximum Gasteiger partial charge on any atom is 0.347 e. The van der Waals surface area contributed by atoms with Gasteiger partial charge in [-0.05, 0) is 25.1 Å². The summed E-state index contributed by atoms with van der Waals surface area (Å²) in [6.45, 7) is 1.70. The molecule has 2 heterocycles. The Morgan fingerprint density at radius 2 is 1.86 bits per heavy atom. The molecule has 3 rings (SSSR count). The summed E-state index contributed by atoms with van der Waals surface area (Å²) in [4.78, 5) is 49.3. The molecule has 1 aliphatic rings. The van der Waals surface area contributed by atoms with Crippen molar-refractivity contribution in [1.82, 2.24) is 9.13 Å². The van der Waals surface area contributed by atoms with Gasteiger partial charge in [-0.1, -0.05) is 18.2 Å². The van der Waals surface area contributed by atoms with Gasteiger partial charge in [-0.2, -0.15) is 0 Å². The summed E-state index contributed by atoms with van der Waals surface area (Å²) in [5, 5.41) is 2.88. The first-order valence-electron chi connectivity index (χ1n) is 8.77. The van der Waals surface area contributed by atoms with Gasteiger partial charge in [0.25, 0.3) is 5.56 Å². The monoisotopic (exact) mass is 397 g/mol. The van der Waals surface area contributed by atoms with Crippen LogP contribution in [0.1, 0.15) is 12.5 Å². The molecular formula is C20H19N3O6. The molecule has 0 amide bonds. The third-order valence-corrected chi connectivity index (χ3v) is 4.16. The number of para-hydroxylation sites is 1. The molecule has 0 saturated heterocycles. The normalized spacial score (nSPS) is 14.9. The van der Waals surface area contributed by atoms with Gasteiger partial charge in [-0.25, -0.2) is 9.59 Å². The van der Waals surface area contributed by atoms with E-state index in [2.05, 4.69) is 5.32 Å². The lowest BCUT2D eigenvalue weighted by molar-refractivity contribution is -0.139. The number of hydrogen-bond acceptors (Lipinski definition) is 7. The molecule has 0 saturated carbocycles. The largest absolute Gasteiger partial charge is 0.462 e. The number of ketones is 1. The Balaban J connectivity index is 2.04. The van der Waals surface area contributed by atoms with E-state index < -0.39 is 23.0 Å². The minimum atomic E-state index is -0.840. The van der Waals surface area contributed by atoms with Crippen molar-refractivity contribution in [2.75, 3.05) is 11.9 Å². The van der Waals surface area contributed by atoms with Crippen LogP contribution in [0, 0.1) is 0 Å². The summed E-state index contributed by atoms with van der Waals surface area (Å²) >= 11 is 0. The van der Waals surface area contributed by atoms with Crippen LogP contribution in [0.3, 0.4) is 0 Å². The lowest BCUT2D eigenvalue weighted by Gasteiger charge is -2.08. The zero-order valence-electron chi connectivity index (χ0n) is 16.1. The molecule has 0 spiro atoms. The molecule has 0 aliphatic carbocycles. The highest BCUT2D eigenvalue weighted by Gasteiger charge is 2.37. The molecular weight excluding hydrogens is 378 g/mol. The van der Waals surface area contributed by atoms with E-state index in [0.29, 0.717) is 5.69 Å². The van der Waals surface area contributed by atoms with Gasteiger partial charge in [-0.15, -0.1) is 0 Å². The number of nitrogens with one attached hydrogen (secondary N) is 1. The highest BCUT2D eigenvalue weighted by Crippen LogP contribution is 2.28. The number of ether oxygens (including phenoxy) is 2. The Morgan fingerprint density at radius 1 is 1.17 bits per heavy atom. The molecule has 1 aliphatic heterocycles. The molecule has 2 aromatic rings. The van der Waals surface area contributed by atoms with Crippen LogP contribution in [-0.4, -0.2) is 27.5 Å². The standard InChI is InChI=1S/C20H19N3O6/c1-4-28-19(26)15-16(24)14(29-17(15)21-13-8-6-5-7-9-13)10-12-11-22(2)20(27)23(3)18(12)25/h5-11,21H,4H2,1-3H3/b14-10+. The third-order valence-electron chi connectivity index (χ3n) is 4.16. The molecule has 29 heavy (non-hydrogen) atoms. The van der Waals surface area contributed by atoms with Crippen molar-refractivity contribution < 1.29 is 19.1 Å². The number of aromatic nitrogens is 2. The SMILES string of the molecule is CCOC(=O)C1=C(Nc2ccccc2)O/C(=C/c2cn(C)c(=O)n(C)c2=O)C1=O. The predicted molar refractivity (Wildman–Crippen MR) is 105 cm³/mol. The van der Waals surface area contributed by atoms with Crippen LogP contribution in [0.5, 0.6) is 0 Å². The summed E-state index contributed by atoms with van der Waals surface area (Å²) in [5.74, 6) is -1.89. The minimum Gasteiger partial charge on any atom is -0.462 e. The Hall–Kier alpha value is -3.88. The number of esters is 1. The van der Waals surface area contributed by atoms with Gasteiger partial charge in [0.1, 0.15) is 0 Å². The van der Waals surface area contributed by atoms with E-state index in [1.165, 1.54) is 30.9 Å². The number of Topliss-reactive ketones (excluding diaryl/α,β-unsaturated/α-hetero) is 1. The van der Waals surface area contributed by atoms with Gasteiger partial charge in [0.2, 0.25) is 11.7 Å². The second kappa shape index (κ2) is 8.01. The number of benzene rings is 1. The Kier molecular flexibility index (Phi) is 5.49. The molecule has 9 nitrogen and oxygen atoms in total. The number of nitrogens with zero attached hydrogens (tertiary/aromatic N) is 2. The summed E-state index contributed by atoms with van der Waals surface area (Å²) in [5.41, 5.74) is -0.756. The van der Waals surface area contributed by atoms with E-state index in [4.69, 9.17) is 9.47 Å². The van der Waals surface area contributed by atoms with Crippen LogP contribution in [0.15, 0.2) is 63.3 Å². The van der Waals surface area contributed by atoms with Gasteiger partial charge in [-0.3, -0.25) is 14.2 Å². The van der Waals surface area contributed by atoms with E-state index in [-0.39, 0.29) is 29.4 Å². The van der Waals surface area contributed by atoms with E-state index in [1.54, 1.807) is 31.2 Å². The van der Waals surface area contributed by atoms with E-state index in [1.807, 2.05) is 6.07 Å². The first-order valence-corrected chi connectivity index (χ1v) is 8.77. The van der Waals surface area contributed by atoms with Gasteiger partial charge in [0.05, 0.1) is 12.2 Å². The average molecular weight is 397 g/mol. The number of anilines is 1. The lowest BCUT2D eigenvalue weighted by atomic mass is 10.1. The van der Waals surface area contributed by atoms with Crippen molar-refractivity contribution in [3.05, 3.63) is 80.1 Å². The fourth-order valence-electron chi connectivity index (χ4n) is 2.73. The quantitative estimate of drug-likeness (QED) is 0.454. The molecule has 0 atom stereocenters. The van der Waals surface area contributed by atoms with E-state index >= 15 is 0 Å². The van der Waals surface area contributed by atoms with Crippen LogP contribution in [0.4, 0.5) is 5.69 Å². The van der Waals surface area contributed by atoms with Crippen molar-refractivity contribution in [2.45, 2.75) is 6.92 Å². The first kappa shape index (κ1) is 19.9. The lowest BCUT2D eigenvalue weighted by Crippen LogP contribution is -2.37. The number of allylic oxidation sites excluding steroid dienone is 1. The maximum atomic E-state index is 12.8. The van der Waals surface area contributed by atoms with Crippen molar-refractivity contribution in [1.29, 1.82) is 0 Å². The summed E-state index contributed by atoms with van der Waals surface area (Å²) in [7, 11) is 2.81. The van der Waals surface area contributed by atoms with Crippen molar-refractivity contribution in [3.8, 4) is 0 Å². The molecule has 0 radical (unpaired) electrons. The topological polar surface area (TPSA) is 109 Å². The number of hydrogen-bond donors (Lipinski definition) is 1. The van der Waals surface area contributed by atoms with Crippen molar-refractivity contribution in [2.24, 2.45) is 14.1 Å². The average Bonchev–Trinajstić information content (AvgIpc) is 3.00. The van der Waals surface area contributed by atoms with E-state index in [9.17, 15) is 19.2 Å². The highest BCUT2D eigenvalue weighted by atomic mass is 16.5. The number of aryl methyl sites for hydroxylation is 1. The van der Waals surface area contributed by atoms with Gasteiger partial charge >= 0.3 is 11.7 Å². The number of carbonyl (C=O) groups excluding carboxylic acids is 2. The molecule has 1 aromatic carbocycles. The molecule has 9 heteroatoms. The zero-order chi connectivity index (χ0) is 21.1. The Labute approximate surface area is 165 Å². The number of carbonyl (C=O) groups is 2. The van der Waals surface area contributed by atoms with Crippen molar-refractivity contribution in [3.63, 3.8) is 0 Å².